The highest BCUT2D eigenvalue weighted by molar-refractivity contribution is 5.92. The Morgan fingerprint density at radius 2 is 1.88 bits per heavy atom. The Kier molecular flexibility index (Phi) is 4.92. The van der Waals surface area contributed by atoms with E-state index in [-0.39, 0.29) is 18.3 Å². The Morgan fingerprint density at radius 1 is 1.21 bits per heavy atom. The first-order valence-electron chi connectivity index (χ1n) is 8.03. The molecule has 1 amide bonds. The maximum Gasteiger partial charge on any atom is 0.274 e. The number of amides is 1. The Morgan fingerprint density at radius 3 is 2.50 bits per heavy atom. The average molecular weight is 332 g/mol. The SMILES string of the molecule is Cc1cc(C(=O)N2CCN(CCO)CC2)nn1-c1ccc(F)cc1. The lowest BCUT2D eigenvalue weighted by Gasteiger charge is -2.33. The van der Waals surface area contributed by atoms with E-state index in [1.807, 2.05) is 6.92 Å². The van der Waals surface area contributed by atoms with Crippen molar-refractivity contribution in [2.75, 3.05) is 39.3 Å². The number of aryl methyl sites for hydroxylation is 1. The standard InChI is InChI=1S/C17H21FN4O2/c1-13-12-16(19-22(13)15-4-2-14(18)3-5-15)17(24)21-8-6-20(7-9-21)10-11-23/h2-5,12,23H,6-11H2,1H3. The minimum Gasteiger partial charge on any atom is -0.395 e. The lowest BCUT2D eigenvalue weighted by molar-refractivity contribution is 0.0609. The van der Waals surface area contributed by atoms with Crippen molar-refractivity contribution in [3.05, 3.63) is 47.5 Å². The number of carbonyl (C=O) groups excluding carboxylic acids is 1. The summed E-state index contributed by atoms with van der Waals surface area (Å²) in [6, 6.07) is 7.77. The highest BCUT2D eigenvalue weighted by Gasteiger charge is 2.24. The molecule has 24 heavy (non-hydrogen) atoms. The monoisotopic (exact) mass is 332 g/mol. The summed E-state index contributed by atoms with van der Waals surface area (Å²) in [6.45, 7) is 5.40. The molecule has 0 unspecified atom stereocenters. The van der Waals surface area contributed by atoms with Crippen LogP contribution >= 0.6 is 0 Å². The van der Waals surface area contributed by atoms with E-state index in [9.17, 15) is 9.18 Å². The fourth-order valence-corrected chi connectivity index (χ4v) is 2.90. The molecule has 1 aliphatic heterocycles. The molecule has 0 saturated carbocycles. The van der Waals surface area contributed by atoms with Crippen molar-refractivity contribution in [1.82, 2.24) is 19.6 Å². The number of halogens is 1. The van der Waals surface area contributed by atoms with Gasteiger partial charge < -0.3 is 10.0 Å². The number of aromatic nitrogens is 2. The van der Waals surface area contributed by atoms with E-state index in [1.165, 1.54) is 12.1 Å². The molecular weight excluding hydrogens is 311 g/mol. The summed E-state index contributed by atoms with van der Waals surface area (Å²) in [5, 5.41) is 13.4. The first kappa shape index (κ1) is 16.6. The average Bonchev–Trinajstić information content (AvgIpc) is 2.98. The van der Waals surface area contributed by atoms with Gasteiger partial charge in [0.05, 0.1) is 12.3 Å². The van der Waals surface area contributed by atoms with Gasteiger partial charge >= 0.3 is 0 Å². The zero-order valence-electron chi connectivity index (χ0n) is 13.7. The summed E-state index contributed by atoms with van der Waals surface area (Å²) in [5.41, 5.74) is 1.94. The molecular formula is C17H21FN4O2. The number of aliphatic hydroxyl groups excluding tert-OH is 1. The van der Waals surface area contributed by atoms with Crippen molar-refractivity contribution in [2.45, 2.75) is 6.92 Å². The Bertz CT molecular complexity index is 706. The van der Waals surface area contributed by atoms with Gasteiger partial charge in [0.25, 0.3) is 5.91 Å². The van der Waals surface area contributed by atoms with Crippen molar-refractivity contribution >= 4 is 5.91 Å². The van der Waals surface area contributed by atoms with E-state index in [4.69, 9.17) is 5.11 Å². The Labute approximate surface area is 140 Å². The van der Waals surface area contributed by atoms with Crippen LogP contribution in [0.4, 0.5) is 4.39 Å². The second-order valence-corrected chi connectivity index (χ2v) is 5.92. The second kappa shape index (κ2) is 7.11. The molecule has 128 valence electrons. The van der Waals surface area contributed by atoms with Crippen LogP contribution in [0, 0.1) is 12.7 Å². The third-order valence-corrected chi connectivity index (χ3v) is 4.25. The summed E-state index contributed by atoms with van der Waals surface area (Å²) in [7, 11) is 0. The molecule has 1 aromatic carbocycles. The Balaban J connectivity index is 1.73. The van der Waals surface area contributed by atoms with E-state index < -0.39 is 0 Å². The van der Waals surface area contributed by atoms with E-state index in [1.54, 1.807) is 27.8 Å². The van der Waals surface area contributed by atoms with Crippen molar-refractivity contribution in [3.8, 4) is 5.69 Å². The zero-order chi connectivity index (χ0) is 17.1. The van der Waals surface area contributed by atoms with Crippen LogP contribution in [-0.2, 0) is 0 Å². The number of benzene rings is 1. The molecule has 0 bridgehead atoms. The fraction of sp³-hybridized carbons (Fsp3) is 0.412. The van der Waals surface area contributed by atoms with Gasteiger partial charge in [-0.05, 0) is 37.3 Å². The smallest absolute Gasteiger partial charge is 0.274 e. The molecule has 1 aliphatic rings. The third kappa shape index (κ3) is 3.47. The number of piperazine rings is 1. The lowest BCUT2D eigenvalue weighted by atomic mass is 10.2. The topological polar surface area (TPSA) is 61.6 Å². The van der Waals surface area contributed by atoms with Crippen molar-refractivity contribution in [1.29, 1.82) is 0 Å². The molecule has 1 saturated heterocycles. The van der Waals surface area contributed by atoms with Crippen LogP contribution in [0.5, 0.6) is 0 Å². The summed E-state index contributed by atoms with van der Waals surface area (Å²) in [4.78, 5) is 16.6. The van der Waals surface area contributed by atoms with Gasteiger partial charge in [-0.15, -0.1) is 0 Å². The van der Waals surface area contributed by atoms with Gasteiger partial charge in [0.2, 0.25) is 0 Å². The lowest BCUT2D eigenvalue weighted by Crippen LogP contribution is -2.49. The highest BCUT2D eigenvalue weighted by atomic mass is 19.1. The largest absolute Gasteiger partial charge is 0.395 e. The predicted octanol–water partition coefficient (Wildman–Crippen LogP) is 1.07. The van der Waals surface area contributed by atoms with Crippen LogP contribution < -0.4 is 0 Å². The molecule has 0 radical (unpaired) electrons. The maximum atomic E-state index is 13.1. The van der Waals surface area contributed by atoms with E-state index in [2.05, 4.69) is 10.00 Å². The zero-order valence-corrected chi connectivity index (χ0v) is 13.7. The maximum absolute atomic E-state index is 13.1. The summed E-state index contributed by atoms with van der Waals surface area (Å²) >= 11 is 0. The molecule has 6 nitrogen and oxygen atoms in total. The number of carbonyl (C=O) groups is 1. The van der Waals surface area contributed by atoms with Crippen LogP contribution in [-0.4, -0.2) is 69.9 Å². The fourth-order valence-electron chi connectivity index (χ4n) is 2.90. The van der Waals surface area contributed by atoms with Gasteiger partial charge in [-0.25, -0.2) is 9.07 Å². The molecule has 1 N–H and O–H groups in total. The van der Waals surface area contributed by atoms with Crippen LogP contribution in [0.25, 0.3) is 5.69 Å². The number of β-amino-alcohol motifs (C(OH)–C–C–N with tert-alkyl or cyclic N) is 1. The number of nitrogens with zero attached hydrogens (tertiary/aromatic N) is 4. The molecule has 0 aliphatic carbocycles. The molecule has 0 spiro atoms. The van der Waals surface area contributed by atoms with Gasteiger partial charge in [0.1, 0.15) is 5.82 Å². The molecule has 3 rings (SSSR count). The van der Waals surface area contributed by atoms with Gasteiger partial charge in [-0.2, -0.15) is 5.10 Å². The van der Waals surface area contributed by atoms with Gasteiger partial charge in [-0.3, -0.25) is 9.69 Å². The number of aliphatic hydroxyl groups is 1. The van der Waals surface area contributed by atoms with Gasteiger partial charge in [-0.1, -0.05) is 0 Å². The normalized spacial score (nSPS) is 15.7. The number of hydrogen-bond donors (Lipinski definition) is 1. The molecule has 7 heteroatoms. The van der Waals surface area contributed by atoms with Crippen LogP contribution in [0.2, 0.25) is 0 Å². The van der Waals surface area contributed by atoms with E-state index >= 15 is 0 Å². The highest BCUT2D eigenvalue weighted by Crippen LogP contribution is 2.15. The van der Waals surface area contributed by atoms with Gasteiger partial charge in [0.15, 0.2) is 5.69 Å². The van der Waals surface area contributed by atoms with Crippen LogP contribution in [0.1, 0.15) is 16.2 Å². The number of rotatable bonds is 4. The van der Waals surface area contributed by atoms with E-state index in [0.29, 0.717) is 25.3 Å². The third-order valence-electron chi connectivity index (χ3n) is 4.25. The first-order chi connectivity index (χ1) is 11.6. The van der Waals surface area contributed by atoms with Crippen LogP contribution in [0.15, 0.2) is 30.3 Å². The molecule has 2 aromatic rings. The Hall–Kier alpha value is -2.25. The van der Waals surface area contributed by atoms with Gasteiger partial charge in [0, 0.05) is 38.4 Å². The first-order valence-corrected chi connectivity index (χ1v) is 8.03. The summed E-state index contributed by atoms with van der Waals surface area (Å²) in [6.07, 6.45) is 0. The van der Waals surface area contributed by atoms with E-state index in [0.717, 1.165) is 24.5 Å². The number of hydrogen-bond acceptors (Lipinski definition) is 4. The van der Waals surface area contributed by atoms with Crippen LogP contribution in [0.3, 0.4) is 0 Å². The molecule has 2 heterocycles. The summed E-state index contributed by atoms with van der Waals surface area (Å²) < 4.78 is 14.7. The minimum absolute atomic E-state index is 0.0948. The minimum atomic E-state index is -0.305. The van der Waals surface area contributed by atoms with Crippen molar-refractivity contribution in [2.24, 2.45) is 0 Å². The summed E-state index contributed by atoms with van der Waals surface area (Å²) in [5.74, 6) is -0.400. The quantitative estimate of drug-likeness (QED) is 0.910. The molecule has 1 aromatic heterocycles. The molecule has 0 atom stereocenters. The second-order valence-electron chi connectivity index (χ2n) is 5.92. The van der Waals surface area contributed by atoms with Crippen molar-refractivity contribution in [3.63, 3.8) is 0 Å². The molecule has 1 fully saturated rings. The van der Waals surface area contributed by atoms with Crippen molar-refractivity contribution < 1.29 is 14.3 Å². The predicted molar refractivity (Wildman–Crippen MR) is 87.7 cm³/mol.